The van der Waals surface area contributed by atoms with Gasteiger partial charge in [-0.2, -0.15) is 0 Å². The first-order valence-corrected chi connectivity index (χ1v) is 8.31. The Morgan fingerprint density at radius 2 is 1.91 bits per heavy atom. The van der Waals surface area contributed by atoms with E-state index in [1.807, 2.05) is 18.2 Å². The number of nitrogens with zero attached hydrogens (tertiary/aromatic N) is 1. The highest BCUT2D eigenvalue weighted by Gasteiger charge is 2.56. The highest BCUT2D eigenvalue weighted by molar-refractivity contribution is 9.10. The number of benzene rings is 1. The minimum atomic E-state index is -1.25. The molecule has 0 radical (unpaired) electrons. The van der Waals surface area contributed by atoms with Crippen LogP contribution in [0, 0.1) is 0 Å². The smallest absolute Gasteiger partial charge is 0.296 e. The van der Waals surface area contributed by atoms with Crippen molar-refractivity contribution >= 4 is 27.5 Å². The third kappa shape index (κ3) is 2.19. The molecule has 22 heavy (non-hydrogen) atoms. The lowest BCUT2D eigenvalue weighted by molar-refractivity contribution is -0.906. The van der Waals surface area contributed by atoms with Gasteiger partial charge in [-0.3, -0.25) is 9.69 Å². The van der Waals surface area contributed by atoms with Crippen LogP contribution in [0.25, 0.3) is 0 Å². The predicted octanol–water partition coefficient (Wildman–Crippen LogP) is -0.132. The molecule has 2 fully saturated rings. The molecule has 7 heteroatoms. The van der Waals surface area contributed by atoms with Crippen LogP contribution < -0.4 is 9.80 Å². The molecule has 0 saturated carbocycles. The van der Waals surface area contributed by atoms with Gasteiger partial charge < -0.3 is 19.1 Å². The van der Waals surface area contributed by atoms with E-state index in [0.717, 1.165) is 42.0 Å². The Labute approximate surface area is 137 Å². The number of quaternary nitrogens is 1. The van der Waals surface area contributed by atoms with Gasteiger partial charge in [-0.15, -0.1) is 0 Å². The van der Waals surface area contributed by atoms with Gasteiger partial charge in [0.15, 0.2) is 6.67 Å². The average molecular weight is 370 g/mol. The lowest BCUT2D eigenvalue weighted by Gasteiger charge is -2.28. The zero-order valence-corrected chi connectivity index (χ0v) is 13.7. The molecule has 2 saturated heterocycles. The number of halogens is 1. The summed E-state index contributed by atoms with van der Waals surface area (Å²) < 4.78 is 17.8. The van der Waals surface area contributed by atoms with E-state index in [1.54, 1.807) is 4.90 Å². The van der Waals surface area contributed by atoms with Crippen molar-refractivity contribution in [3.63, 3.8) is 0 Å². The molecule has 3 heterocycles. The second-order valence-corrected chi connectivity index (χ2v) is 6.64. The molecule has 0 atom stereocenters. The van der Waals surface area contributed by atoms with Crippen molar-refractivity contribution in [2.75, 3.05) is 51.1 Å². The maximum atomic E-state index is 13.0. The number of hydrogen-bond acceptors (Lipinski definition) is 4. The minimum absolute atomic E-state index is 0.114. The molecule has 0 unspecified atom stereocenters. The highest BCUT2D eigenvalue weighted by atomic mass is 79.9. The maximum Gasteiger partial charge on any atom is 0.296 e. The summed E-state index contributed by atoms with van der Waals surface area (Å²) in [5.74, 6) is -1.36. The first-order valence-electron chi connectivity index (χ1n) is 7.52. The average Bonchev–Trinajstić information content (AvgIpc) is 3.10. The van der Waals surface area contributed by atoms with Gasteiger partial charge in [0, 0.05) is 10.0 Å². The molecule has 3 aliphatic rings. The number of hydrogen-bond donors (Lipinski definition) is 1. The summed E-state index contributed by atoms with van der Waals surface area (Å²) in [7, 11) is 0. The number of nitrogens with one attached hydrogen (secondary N) is 1. The third-order valence-corrected chi connectivity index (χ3v) is 4.90. The summed E-state index contributed by atoms with van der Waals surface area (Å²) in [5.41, 5.74) is 1.69. The molecule has 1 aromatic rings. The van der Waals surface area contributed by atoms with Crippen molar-refractivity contribution < 1.29 is 23.9 Å². The highest BCUT2D eigenvalue weighted by Crippen LogP contribution is 2.46. The molecule has 6 nitrogen and oxygen atoms in total. The molecule has 1 aromatic carbocycles. The van der Waals surface area contributed by atoms with E-state index in [0.29, 0.717) is 19.9 Å². The Hall–Kier alpha value is -0.990. The van der Waals surface area contributed by atoms with Gasteiger partial charge in [-0.25, -0.2) is 0 Å². The Kier molecular flexibility index (Phi) is 3.70. The van der Waals surface area contributed by atoms with Gasteiger partial charge >= 0.3 is 0 Å². The Balaban J connectivity index is 1.69. The molecular weight excluding hydrogens is 352 g/mol. The van der Waals surface area contributed by atoms with Crippen LogP contribution in [0.5, 0.6) is 0 Å². The van der Waals surface area contributed by atoms with Gasteiger partial charge in [0.1, 0.15) is 13.1 Å². The molecule has 1 spiro atoms. The summed E-state index contributed by atoms with van der Waals surface area (Å²) in [6.45, 7) is 4.79. The van der Waals surface area contributed by atoms with E-state index in [9.17, 15) is 4.79 Å². The van der Waals surface area contributed by atoms with Crippen molar-refractivity contribution in [3.05, 3.63) is 28.2 Å². The molecule has 3 aliphatic heterocycles. The number of anilines is 1. The minimum Gasteiger partial charge on any atom is -0.370 e. The molecule has 118 valence electrons. The van der Waals surface area contributed by atoms with Crippen LogP contribution in [0.2, 0.25) is 0 Å². The first-order chi connectivity index (χ1) is 10.7. The van der Waals surface area contributed by atoms with Crippen molar-refractivity contribution in [2.24, 2.45) is 0 Å². The Morgan fingerprint density at radius 3 is 2.64 bits per heavy atom. The third-order valence-electron chi connectivity index (χ3n) is 4.41. The Bertz CT molecular complexity index is 597. The van der Waals surface area contributed by atoms with Crippen molar-refractivity contribution in [1.82, 2.24) is 0 Å². The number of amides is 1. The van der Waals surface area contributed by atoms with Gasteiger partial charge in [0.2, 0.25) is 0 Å². The summed E-state index contributed by atoms with van der Waals surface area (Å²) in [4.78, 5) is 16.1. The number of fused-ring (bicyclic) bond motifs is 2. The monoisotopic (exact) mass is 369 g/mol. The van der Waals surface area contributed by atoms with Gasteiger partial charge in [0.05, 0.1) is 32.1 Å². The lowest BCUT2D eigenvalue weighted by Crippen LogP contribution is -3.15. The number of rotatable bonds is 2. The number of carbonyl (C=O) groups is 1. The fraction of sp³-hybridized carbons (Fsp3) is 0.533. The molecule has 0 aromatic heterocycles. The van der Waals surface area contributed by atoms with E-state index in [-0.39, 0.29) is 5.91 Å². The molecule has 1 amide bonds. The van der Waals surface area contributed by atoms with E-state index in [4.69, 9.17) is 14.2 Å². The van der Waals surface area contributed by atoms with Gasteiger partial charge in [0.25, 0.3) is 11.7 Å². The number of morpholine rings is 1. The van der Waals surface area contributed by atoms with Crippen LogP contribution in [0.15, 0.2) is 22.7 Å². The van der Waals surface area contributed by atoms with Crippen LogP contribution in [-0.4, -0.2) is 52.1 Å². The molecule has 1 N–H and O–H groups in total. The largest absolute Gasteiger partial charge is 0.370 e. The molecule has 0 bridgehead atoms. The summed E-state index contributed by atoms with van der Waals surface area (Å²) in [6.07, 6.45) is 0. The fourth-order valence-electron chi connectivity index (χ4n) is 3.30. The Morgan fingerprint density at radius 1 is 1.18 bits per heavy atom. The van der Waals surface area contributed by atoms with Crippen LogP contribution in [0.3, 0.4) is 0 Å². The second kappa shape index (κ2) is 5.58. The zero-order chi connectivity index (χ0) is 15.2. The standard InChI is InChI=1S/C15H17BrN2O4/c16-11-1-2-13-12(9-11)15(21-7-8-22-15)14(19)18(13)10-17-3-5-20-6-4-17/h1-2,9H,3-8,10H2/p+1. The maximum absolute atomic E-state index is 13.0. The van der Waals surface area contributed by atoms with E-state index in [1.165, 1.54) is 4.90 Å². The number of carbonyl (C=O) groups excluding carboxylic acids is 1. The predicted molar refractivity (Wildman–Crippen MR) is 81.6 cm³/mol. The molecule has 0 aliphatic carbocycles. The molecular formula is C15H18BrN2O4+. The van der Waals surface area contributed by atoms with Crippen LogP contribution in [0.4, 0.5) is 5.69 Å². The van der Waals surface area contributed by atoms with Crippen molar-refractivity contribution in [2.45, 2.75) is 5.79 Å². The van der Waals surface area contributed by atoms with E-state index >= 15 is 0 Å². The fourth-order valence-corrected chi connectivity index (χ4v) is 3.66. The van der Waals surface area contributed by atoms with Crippen LogP contribution in [-0.2, 0) is 24.8 Å². The summed E-state index contributed by atoms with van der Waals surface area (Å²) >= 11 is 3.47. The molecule has 4 rings (SSSR count). The zero-order valence-electron chi connectivity index (χ0n) is 12.1. The van der Waals surface area contributed by atoms with Crippen LogP contribution in [0.1, 0.15) is 5.56 Å². The topological polar surface area (TPSA) is 52.4 Å². The normalized spacial score (nSPS) is 24.2. The SMILES string of the molecule is O=C1N(C[NH+]2CCOCC2)c2ccc(Br)cc2C12OCCO2. The lowest BCUT2D eigenvalue weighted by atomic mass is 10.1. The van der Waals surface area contributed by atoms with Crippen LogP contribution >= 0.6 is 15.9 Å². The van der Waals surface area contributed by atoms with E-state index in [2.05, 4.69) is 15.9 Å². The number of ether oxygens (including phenoxy) is 3. The van der Waals surface area contributed by atoms with E-state index < -0.39 is 5.79 Å². The van der Waals surface area contributed by atoms with Gasteiger partial charge in [-0.1, -0.05) is 15.9 Å². The quantitative estimate of drug-likeness (QED) is 0.788. The summed E-state index contributed by atoms with van der Waals surface area (Å²) in [5, 5.41) is 0. The van der Waals surface area contributed by atoms with Gasteiger partial charge in [-0.05, 0) is 18.2 Å². The second-order valence-electron chi connectivity index (χ2n) is 5.73. The van der Waals surface area contributed by atoms with Crippen molar-refractivity contribution in [1.29, 1.82) is 0 Å². The first kappa shape index (κ1) is 14.6. The van der Waals surface area contributed by atoms with Crippen molar-refractivity contribution in [3.8, 4) is 0 Å². The summed E-state index contributed by atoms with van der Waals surface area (Å²) in [6, 6.07) is 5.83.